The van der Waals surface area contributed by atoms with Crippen molar-refractivity contribution in [1.29, 1.82) is 0 Å². The Hall–Kier alpha value is -3.87. The van der Waals surface area contributed by atoms with Crippen LogP contribution in [0.4, 0.5) is 13.6 Å². The largest absolute Gasteiger partial charge is 0.577 e. The summed E-state index contributed by atoms with van der Waals surface area (Å²) in [7, 11) is 0. The molecule has 4 rings (SSSR count). The fourth-order valence-corrected chi connectivity index (χ4v) is 5.53. The van der Waals surface area contributed by atoms with E-state index >= 15 is 0 Å². The van der Waals surface area contributed by atoms with Gasteiger partial charge < -0.3 is 29.9 Å². The average molecular weight is 606 g/mol. The van der Waals surface area contributed by atoms with E-state index < -0.39 is 65.2 Å². The quantitative estimate of drug-likeness (QED) is 0.320. The monoisotopic (exact) mass is 605 g/mol. The van der Waals surface area contributed by atoms with Gasteiger partial charge in [-0.1, -0.05) is 45.9 Å². The zero-order valence-corrected chi connectivity index (χ0v) is 24.7. The lowest BCUT2D eigenvalue weighted by Crippen LogP contribution is -2.57. The fraction of sp³-hybridized carbons (Fsp3) is 0.567. The zero-order valence-electron chi connectivity index (χ0n) is 24.7. The van der Waals surface area contributed by atoms with Crippen LogP contribution in [0.15, 0.2) is 36.4 Å². The third-order valence-electron chi connectivity index (χ3n) is 7.72. The van der Waals surface area contributed by atoms with E-state index in [9.17, 15) is 28.3 Å². The van der Waals surface area contributed by atoms with Crippen LogP contribution in [0.5, 0.6) is 5.88 Å². The second-order valence-electron chi connectivity index (χ2n) is 12.3. The molecule has 2 amide bonds. The highest BCUT2D eigenvalue weighted by Gasteiger charge is 2.44. The number of carboxylic acids is 1. The molecule has 1 saturated carbocycles. The number of halogens is 2. The minimum absolute atomic E-state index is 0.0116. The number of allylic oxidation sites excluding steroid dienone is 1. The number of hydrogen-bond donors (Lipinski definition) is 2. The first-order valence-corrected chi connectivity index (χ1v) is 14.3. The van der Waals surface area contributed by atoms with Gasteiger partial charge in [0.2, 0.25) is 11.6 Å². The van der Waals surface area contributed by atoms with Gasteiger partial charge in [0, 0.05) is 6.54 Å². The normalized spacial score (nSPS) is 23.5. The number of para-hydroxylation sites is 2. The van der Waals surface area contributed by atoms with E-state index in [1.54, 1.807) is 45.0 Å². The molecule has 1 saturated heterocycles. The molecular weight excluding hydrogens is 566 g/mol. The summed E-state index contributed by atoms with van der Waals surface area (Å²) in [5.41, 5.74) is -0.888. The summed E-state index contributed by atoms with van der Waals surface area (Å²) in [5, 5.41) is 20.1. The van der Waals surface area contributed by atoms with Gasteiger partial charge in [-0.2, -0.15) is 13.8 Å². The van der Waals surface area contributed by atoms with Crippen LogP contribution in [0, 0.1) is 11.3 Å². The Morgan fingerprint density at radius 2 is 1.81 bits per heavy atom. The standard InChI is InChI=1S/C30H38F2N4O7/c1-17-15-20(27(39)40)36(16-17)26(38)24(29(2,3)4)35-28(41)43-22-12-7-11-21(22)42-14-8-13-30(31,32)23-25(37)34-19-10-6-5-9-18(19)33-23/h5-6,8-10,13,17,20-22,24H,7,11-12,14-16H2,1-4H3,(H,34,37)(H,35,41)(H,39,40)/p+1/b13-8+/t17-,20-,21+,22+,24+/m0/s1. The minimum Gasteiger partial charge on any atom is -0.577 e. The Labute approximate surface area is 248 Å². The number of nitrogens with one attached hydrogen (secondary N) is 1. The van der Waals surface area contributed by atoms with Gasteiger partial charge in [-0.25, -0.2) is 14.6 Å². The van der Waals surface area contributed by atoms with Crippen molar-refractivity contribution in [1.82, 2.24) is 20.2 Å². The maximum atomic E-state index is 14.9. The first kappa shape index (κ1) is 32.1. The molecule has 2 fully saturated rings. The Morgan fingerprint density at radius 1 is 1.16 bits per heavy atom. The van der Waals surface area contributed by atoms with Crippen LogP contribution in [0.25, 0.3) is 11.0 Å². The highest BCUT2D eigenvalue weighted by Crippen LogP contribution is 2.34. The van der Waals surface area contributed by atoms with E-state index in [2.05, 4.69) is 15.3 Å². The van der Waals surface area contributed by atoms with Crippen molar-refractivity contribution in [3.8, 4) is 5.88 Å². The maximum absolute atomic E-state index is 14.9. The molecule has 5 atom stereocenters. The number of aromatic nitrogens is 2. The predicted octanol–water partition coefficient (Wildman–Crippen LogP) is 4.12. The molecule has 0 spiro atoms. The number of nitrogens with zero attached hydrogens (tertiary/aromatic N) is 3. The summed E-state index contributed by atoms with van der Waals surface area (Å²) in [6.45, 7) is 7.26. The number of carboxylic acid groups (broad SMARTS) is 1. The van der Waals surface area contributed by atoms with E-state index in [0.717, 1.165) is 6.08 Å². The van der Waals surface area contributed by atoms with Gasteiger partial charge in [-0.05, 0) is 55.2 Å². The third-order valence-corrected chi connectivity index (χ3v) is 7.72. The molecular formula is C30H39F2N4O7+. The van der Waals surface area contributed by atoms with E-state index in [-0.39, 0.29) is 24.6 Å². The Kier molecular flexibility index (Phi) is 9.53. The summed E-state index contributed by atoms with van der Waals surface area (Å²) >= 11 is 0. The van der Waals surface area contributed by atoms with Gasteiger partial charge in [0.15, 0.2) is 0 Å². The second-order valence-corrected chi connectivity index (χ2v) is 12.3. The maximum Gasteiger partial charge on any atom is 0.408 e. The molecule has 4 N–H and O–H groups in total. The van der Waals surface area contributed by atoms with Crippen LogP contribution in [0.1, 0.15) is 59.1 Å². The molecule has 11 nitrogen and oxygen atoms in total. The molecule has 43 heavy (non-hydrogen) atoms. The number of rotatable bonds is 9. The molecule has 2 aliphatic rings. The highest BCUT2D eigenvalue weighted by atomic mass is 19.3. The van der Waals surface area contributed by atoms with E-state index in [4.69, 9.17) is 14.6 Å². The highest BCUT2D eigenvalue weighted by molar-refractivity contribution is 5.90. The Morgan fingerprint density at radius 3 is 2.47 bits per heavy atom. The number of benzene rings is 1. The van der Waals surface area contributed by atoms with E-state index in [1.807, 2.05) is 6.92 Å². The topological polar surface area (TPSA) is 154 Å². The second kappa shape index (κ2) is 12.8. The first-order chi connectivity index (χ1) is 20.2. The predicted molar refractivity (Wildman–Crippen MR) is 153 cm³/mol. The van der Waals surface area contributed by atoms with Crippen molar-refractivity contribution < 1.29 is 42.9 Å². The van der Waals surface area contributed by atoms with Crippen LogP contribution >= 0.6 is 0 Å². The van der Waals surface area contributed by atoms with Crippen LogP contribution in [-0.4, -0.2) is 80.5 Å². The number of carbonyl (C=O) groups excluding carboxylic acids is 2. The Balaban J connectivity index is 1.34. The average Bonchev–Trinajstić information content (AvgIpc) is 3.54. The number of fused-ring (bicyclic) bond motifs is 1. The van der Waals surface area contributed by atoms with Gasteiger partial charge >= 0.3 is 23.9 Å². The van der Waals surface area contributed by atoms with Crippen molar-refractivity contribution in [3.05, 3.63) is 42.1 Å². The SMILES string of the molecule is C[C@H]1C[C@@H](C(=O)O)N(C(=O)[C@@H](NC(=O)O[C@@H]2CCC[C@H]2OC/C=C/C(F)(F)c2nc3ccccc3nc2[OH2+])C(C)(C)C)C1. The van der Waals surface area contributed by atoms with Crippen molar-refractivity contribution >= 4 is 29.0 Å². The van der Waals surface area contributed by atoms with Crippen LogP contribution in [0.3, 0.4) is 0 Å². The van der Waals surface area contributed by atoms with Gasteiger partial charge in [0.25, 0.3) is 0 Å². The summed E-state index contributed by atoms with van der Waals surface area (Å²) in [6.07, 6.45) is 1.77. The van der Waals surface area contributed by atoms with Crippen molar-refractivity contribution in [3.63, 3.8) is 0 Å². The summed E-state index contributed by atoms with van der Waals surface area (Å²) in [6, 6.07) is 4.48. The smallest absolute Gasteiger partial charge is 0.408 e. The molecule has 1 aromatic carbocycles. The molecule has 0 radical (unpaired) electrons. The number of amides is 2. The Bertz CT molecular complexity index is 1380. The van der Waals surface area contributed by atoms with E-state index in [1.165, 1.54) is 4.90 Å². The first-order valence-electron chi connectivity index (χ1n) is 14.3. The number of alkyl carbamates (subject to hydrolysis) is 1. The molecule has 0 unspecified atom stereocenters. The lowest BCUT2D eigenvalue weighted by molar-refractivity contribution is -0.150. The number of alkyl halides is 2. The number of likely N-dealkylation sites (tertiary alicyclic amines) is 1. The molecule has 0 bridgehead atoms. The van der Waals surface area contributed by atoms with Gasteiger partial charge in [0.1, 0.15) is 18.2 Å². The van der Waals surface area contributed by atoms with Crippen molar-refractivity contribution in [2.24, 2.45) is 11.3 Å². The summed E-state index contributed by atoms with van der Waals surface area (Å²) < 4.78 is 41.1. The molecule has 2 aromatic rings. The molecule has 2 heterocycles. The molecule has 1 aliphatic heterocycles. The lowest BCUT2D eigenvalue weighted by Gasteiger charge is -2.35. The van der Waals surface area contributed by atoms with Gasteiger partial charge in [-0.15, -0.1) is 0 Å². The van der Waals surface area contributed by atoms with Gasteiger partial charge in [-0.3, -0.25) is 4.79 Å². The van der Waals surface area contributed by atoms with Crippen LogP contribution in [0.2, 0.25) is 0 Å². The lowest BCUT2D eigenvalue weighted by atomic mass is 9.85. The van der Waals surface area contributed by atoms with Crippen molar-refractivity contribution in [2.75, 3.05) is 13.2 Å². The molecule has 234 valence electrons. The van der Waals surface area contributed by atoms with E-state index in [0.29, 0.717) is 37.3 Å². The number of aliphatic carboxylic acids is 1. The molecule has 13 heteroatoms. The van der Waals surface area contributed by atoms with Crippen molar-refractivity contribution in [2.45, 2.75) is 83.6 Å². The minimum atomic E-state index is -3.55. The van der Waals surface area contributed by atoms with Crippen LogP contribution in [-0.2, 0) is 25.0 Å². The number of carbonyl (C=O) groups is 3. The van der Waals surface area contributed by atoms with Gasteiger partial charge in [0.05, 0.1) is 23.7 Å². The van der Waals surface area contributed by atoms with Crippen LogP contribution < -0.4 is 5.32 Å². The molecule has 1 aromatic heterocycles. The molecule has 1 aliphatic carbocycles. The summed E-state index contributed by atoms with van der Waals surface area (Å²) in [4.78, 5) is 47.2. The zero-order chi connectivity index (χ0) is 31.5. The fourth-order valence-electron chi connectivity index (χ4n) is 5.53. The number of hydrogen-bond acceptors (Lipinski definition) is 7. The summed E-state index contributed by atoms with van der Waals surface area (Å²) in [5.74, 6) is -5.73. The third kappa shape index (κ3) is 7.56. The number of ether oxygens (including phenoxy) is 2.